The molecule has 1 fully saturated rings. The van der Waals surface area contributed by atoms with Crippen molar-refractivity contribution in [1.29, 1.82) is 5.26 Å². The van der Waals surface area contributed by atoms with Crippen LogP contribution in [0.2, 0.25) is 5.02 Å². The maximum atomic E-state index is 12.1. The number of alkyl carbamates (subject to hydrolysis) is 1. The second-order valence-electron chi connectivity index (χ2n) is 7.09. The van der Waals surface area contributed by atoms with E-state index in [0.717, 1.165) is 25.7 Å². The Morgan fingerprint density at radius 3 is 2.58 bits per heavy atom. The Kier molecular flexibility index (Phi) is 5.95. The van der Waals surface area contributed by atoms with Crippen LogP contribution in [0, 0.1) is 11.3 Å². The average molecular weight is 350 g/mol. The van der Waals surface area contributed by atoms with Gasteiger partial charge in [-0.15, -0.1) is 0 Å². The molecule has 1 aromatic carbocycles. The van der Waals surface area contributed by atoms with E-state index in [2.05, 4.69) is 16.7 Å². The molecule has 2 atom stereocenters. The lowest BCUT2D eigenvalue weighted by Gasteiger charge is -2.34. The zero-order chi connectivity index (χ0) is 17.7. The van der Waals surface area contributed by atoms with Crippen LogP contribution in [-0.4, -0.2) is 23.8 Å². The molecule has 1 amide bonds. The molecule has 1 aliphatic rings. The number of anilines is 1. The van der Waals surface area contributed by atoms with Gasteiger partial charge in [0.25, 0.3) is 0 Å². The Hall–Kier alpha value is -1.93. The van der Waals surface area contributed by atoms with Crippen molar-refractivity contribution < 1.29 is 9.53 Å². The van der Waals surface area contributed by atoms with Crippen molar-refractivity contribution in [2.45, 2.75) is 64.1 Å². The summed E-state index contributed by atoms with van der Waals surface area (Å²) in [6.45, 7) is 5.52. The van der Waals surface area contributed by atoms with E-state index in [1.54, 1.807) is 18.2 Å². The largest absolute Gasteiger partial charge is 0.444 e. The van der Waals surface area contributed by atoms with Crippen molar-refractivity contribution in [1.82, 2.24) is 5.32 Å². The van der Waals surface area contributed by atoms with Crippen molar-refractivity contribution in [3.05, 3.63) is 28.8 Å². The van der Waals surface area contributed by atoms with Gasteiger partial charge in [-0.3, -0.25) is 0 Å². The van der Waals surface area contributed by atoms with E-state index in [-0.39, 0.29) is 12.1 Å². The van der Waals surface area contributed by atoms with Crippen molar-refractivity contribution in [3.63, 3.8) is 0 Å². The predicted molar refractivity (Wildman–Crippen MR) is 95.2 cm³/mol. The van der Waals surface area contributed by atoms with Crippen LogP contribution in [-0.2, 0) is 4.74 Å². The summed E-state index contributed by atoms with van der Waals surface area (Å²) in [6.07, 6.45) is 3.51. The van der Waals surface area contributed by atoms with Gasteiger partial charge in [-0.2, -0.15) is 5.26 Å². The average Bonchev–Trinajstić information content (AvgIpc) is 2.47. The van der Waals surface area contributed by atoms with Crippen molar-refractivity contribution in [2.24, 2.45) is 0 Å². The van der Waals surface area contributed by atoms with Gasteiger partial charge in [-0.1, -0.05) is 24.4 Å². The van der Waals surface area contributed by atoms with Gasteiger partial charge < -0.3 is 15.4 Å². The van der Waals surface area contributed by atoms with Crippen LogP contribution in [0.4, 0.5) is 10.5 Å². The molecule has 0 aliphatic heterocycles. The van der Waals surface area contributed by atoms with Crippen LogP contribution in [0.1, 0.15) is 52.0 Å². The van der Waals surface area contributed by atoms with Gasteiger partial charge in [0.15, 0.2) is 0 Å². The van der Waals surface area contributed by atoms with Gasteiger partial charge in [-0.25, -0.2) is 4.79 Å². The number of nitrogens with zero attached hydrogens (tertiary/aromatic N) is 1. The van der Waals surface area contributed by atoms with Crippen molar-refractivity contribution in [3.8, 4) is 6.07 Å². The minimum absolute atomic E-state index is 0.0387. The number of ether oxygens (including phenoxy) is 1. The molecule has 0 saturated heterocycles. The maximum Gasteiger partial charge on any atom is 0.407 e. The molecule has 130 valence electrons. The molecule has 0 aromatic heterocycles. The van der Waals surface area contributed by atoms with E-state index in [9.17, 15) is 10.1 Å². The minimum atomic E-state index is -0.525. The Labute approximate surface area is 148 Å². The summed E-state index contributed by atoms with van der Waals surface area (Å²) >= 11 is 6.05. The Balaban J connectivity index is 2.08. The molecule has 0 heterocycles. The van der Waals surface area contributed by atoms with E-state index < -0.39 is 11.7 Å². The topological polar surface area (TPSA) is 74.2 Å². The SMILES string of the molecule is CC(C)(C)OC(=O)N[C@H]1CCCC[C@@H]1Nc1cc(Cl)ccc1C#N. The first kappa shape index (κ1) is 18.4. The lowest BCUT2D eigenvalue weighted by molar-refractivity contribution is 0.0488. The highest BCUT2D eigenvalue weighted by molar-refractivity contribution is 6.30. The Morgan fingerprint density at radius 1 is 1.29 bits per heavy atom. The number of amides is 1. The Morgan fingerprint density at radius 2 is 1.96 bits per heavy atom. The van der Waals surface area contributed by atoms with Crippen LogP contribution in [0.25, 0.3) is 0 Å². The standard InChI is InChI=1S/C18H24ClN3O2/c1-18(2,3)24-17(23)22-15-7-5-4-6-14(15)21-16-10-13(19)9-8-12(16)11-20/h8-10,14-15,21H,4-7H2,1-3H3,(H,22,23)/t14-,15-/m0/s1. The molecule has 6 heteroatoms. The highest BCUT2D eigenvalue weighted by atomic mass is 35.5. The summed E-state index contributed by atoms with van der Waals surface area (Å²) in [5, 5.41) is 16.2. The molecule has 2 rings (SSSR count). The fourth-order valence-electron chi connectivity index (χ4n) is 2.87. The first-order valence-electron chi connectivity index (χ1n) is 8.24. The van der Waals surface area contributed by atoms with Crippen LogP contribution in [0.15, 0.2) is 18.2 Å². The van der Waals surface area contributed by atoms with Gasteiger partial charge in [-0.05, 0) is 51.8 Å². The highest BCUT2D eigenvalue weighted by Crippen LogP contribution is 2.26. The van der Waals surface area contributed by atoms with E-state index >= 15 is 0 Å². The molecule has 0 unspecified atom stereocenters. The van der Waals surface area contributed by atoms with Crippen molar-refractivity contribution >= 4 is 23.4 Å². The zero-order valence-electron chi connectivity index (χ0n) is 14.4. The van der Waals surface area contributed by atoms with Gasteiger partial charge in [0.1, 0.15) is 11.7 Å². The van der Waals surface area contributed by atoms with E-state index in [1.165, 1.54) is 0 Å². The molecular formula is C18H24ClN3O2. The normalized spacial score (nSPS) is 20.8. The molecule has 0 spiro atoms. The summed E-state index contributed by atoms with van der Waals surface area (Å²) in [7, 11) is 0. The molecule has 2 N–H and O–H groups in total. The smallest absolute Gasteiger partial charge is 0.407 e. The first-order valence-corrected chi connectivity index (χ1v) is 8.62. The third-order valence-corrected chi connectivity index (χ3v) is 4.15. The van der Waals surface area contributed by atoms with Crippen LogP contribution >= 0.6 is 11.6 Å². The molecule has 5 nitrogen and oxygen atoms in total. The third-order valence-electron chi connectivity index (χ3n) is 3.91. The summed E-state index contributed by atoms with van der Waals surface area (Å²) in [6, 6.07) is 7.31. The van der Waals surface area contributed by atoms with Gasteiger partial charge in [0.2, 0.25) is 0 Å². The lowest BCUT2D eigenvalue weighted by atomic mass is 9.90. The molecular weight excluding hydrogens is 326 g/mol. The monoisotopic (exact) mass is 349 g/mol. The van der Waals surface area contributed by atoms with Gasteiger partial charge in [0.05, 0.1) is 17.3 Å². The molecule has 1 aliphatic carbocycles. The summed E-state index contributed by atoms with van der Waals surface area (Å²) in [5.74, 6) is 0. The number of benzene rings is 1. The molecule has 0 radical (unpaired) electrons. The number of nitriles is 1. The maximum absolute atomic E-state index is 12.1. The fourth-order valence-corrected chi connectivity index (χ4v) is 3.04. The number of carbonyl (C=O) groups excluding carboxylic acids is 1. The van der Waals surface area contributed by atoms with Crippen LogP contribution < -0.4 is 10.6 Å². The number of hydrogen-bond donors (Lipinski definition) is 2. The van der Waals surface area contributed by atoms with E-state index in [0.29, 0.717) is 16.3 Å². The van der Waals surface area contributed by atoms with Crippen molar-refractivity contribution in [2.75, 3.05) is 5.32 Å². The number of hydrogen-bond acceptors (Lipinski definition) is 4. The van der Waals surface area contributed by atoms with Gasteiger partial charge >= 0.3 is 6.09 Å². The fraction of sp³-hybridized carbons (Fsp3) is 0.556. The second-order valence-corrected chi connectivity index (χ2v) is 7.53. The molecule has 24 heavy (non-hydrogen) atoms. The molecule has 1 saturated carbocycles. The second kappa shape index (κ2) is 7.76. The number of halogens is 1. The number of rotatable bonds is 3. The van der Waals surface area contributed by atoms with Gasteiger partial charge in [0, 0.05) is 11.1 Å². The summed E-state index contributed by atoms with van der Waals surface area (Å²) < 4.78 is 5.35. The lowest BCUT2D eigenvalue weighted by Crippen LogP contribution is -2.49. The predicted octanol–water partition coefficient (Wildman–Crippen LogP) is 4.46. The van der Waals surface area contributed by atoms with E-state index in [1.807, 2.05) is 20.8 Å². The number of carbonyl (C=O) groups is 1. The third kappa shape index (κ3) is 5.31. The Bertz CT molecular complexity index is 634. The quantitative estimate of drug-likeness (QED) is 0.844. The highest BCUT2D eigenvalue weighted by Gasteiger charge is 2.28. The van der Waals surface area contributed by atoms with Crippen LogP contribution in [0.3, 0.4) is 0 Å². The molecule has 0 bridgehead atoms. The van der Waals surface area contributed by atoms with E-state index in [4.69, 9.17) is 16.3 Å². The minimum Gasteiger partial charge on any atom is -0.444 e. The number of nitrogens with one attached hydrogen (secondary N) is 2. The first-order chi connectivity index (χ1) is 11.3. The zero-order valence-corrected chi connectivity index (χ0v) is 15.1. The molecule has 1 aromatic rings. The van der Waals surface area contributed by atoms with Crippen LogP contribution in [0.5, 0.6) is 0 Å². The summed E-state index contributed by atoms with van der Waals surface area (Å²) in [5.41, 5.74) is 0.719. The summed E-state index contributed by atoms with van der Waals surface area (Å²) in [4.78, 5) is 12.1.